The molecule has 0 saturated carbocycles. The van der Waals surface area contributed by atoms with Gasteiger partial charge in [-0.15, -0.1) is 10.2 Å². The van der Waals surface area contributed by atoms with E-state index in [1.54, 1.807) is 24.0 Å². The molecule has 1 aliphatic heterocycles. The van der Waals surface area contributed by atoms with Crippen molar-refractivity contribution >= 4 is 44.0 Å². The van der Waals surface area contributed by atoms with Crippen molar-refractivity contribution in [3.8, 4) is 0 Å². The average molecular weight is 417 g/mol. The van der Waals surface area contributed by atoms with Crippen molar-refractivity contribution in [3.05, 3.63) is 33.8 Å². The van der Waals surface area contributed by atoms with Crippen LogP contribution in [0.5, 0.6) is 0 Å². The molecule has 1 saturated heterocycles. The highest BCUT2D eigenvalue weighted by molar-refractivity contribution is 7.93. The number of sulfonamides is 1. The Hall–Kier alpha value is -1.75. The molecule has 11 heteroatoms. The highest BCUT2D eigenvalue weighted by Gasteiger charge is 2.22. The Kier molecular flexibility index (Phi) is 5.76. The maximum absolute atomic E-state index is 12.5. The molecule has 1 aliphatic rings. The van der Waals surface area contributed by atoms with Crippen molar-refractivity contribution in [3.63, 3.8) is 0 Å². The van der Waals surface area contributed by atoms with Gasteiger partial charge in [0, 0.05) is 18.1 Å². The van der Waals surface area contributed by atoms with Crippen molar-refractivity contribution in [2.24, 2.45) is 0 Å². The van der Waals surface area contributed by atoms with Crippen molar-refractivity contribution in [2.75, 3.05) is 31.0 Å². The van der Waals surface area contributed by atoms with Crippen LogP contribution in [0.2, 0.25) is 5.02 Å². The fraction of sp³-hybridized carbons (Fsp3) is 0.400. The minimum absolute atomic E-state index is 0.0751. The van der Waals surface area contributed by atoms with Gasteiger partial charge in [-0.2, -0.15) is 0 Å². The summed E-state index contributed by atoms with van der Waals surface area (Å²) in [4.78, 5) is 14.0. The van der Waals surface area contributed by atoms with E-state index in [0.717, 1.165) is 11.3 Å². The van der Waals surface area contributed by atoms with Crippen LogP contribution >= 0.6 is 22.9 Å². The number of carbonyl (C=O) groups excluding carboxylic acids is 1. The molecule has 0 bridgehead atoms. The number of ether oxygens (including phenoxy) is 1. The zero-order valence-electron chi connectivity index (χ0n) is 13.9. The number of aromatic nitrogens is 2. The van der Waals surface area contributed by atoms with Crippen LogP contribution in [0, 0.1) is 6.92 Å². The first-order valence-corrected chi connectivity index (χ1v) is 10.5. The Labute approximate surface area is 160 Å². The first-order valence-electron chi connectivity index (χ1n) is 7.82. The minimum Gasteiger partial charge on any atom is -0.378 e. The molecule has 1 fully saturated rings. The Morgan fingerprint density at radius 1 is 1.35 bits per heavy atom. The van der Waals surface area contributed by atoms with Gasteiger partial charge in [0.2, 0.25) is 11.0 Å². The lowest BCUT2D eigenvalue weighted by Gasteiger charge is -2.26. The monoisotopic (exact) mass is 416 g/mol. The summed E-state index contributed by atoms with van der Waals surface area (Å²) >= 11 is 7.02. The van der Waals surface area contributed by atoms with E-state index < -0.39 is 10.0 Å². The van der Waals surface area contributed by atoms with E-state index in [4.69, 9.17) is 16.3 Å². The van der Waals surface area contributed by atoms with E-state index in [-0.39, 0.29) is 22.4 Å². The number of amides is 1. The molecule has 1 aromatic carbocycles. The minimum atomic E-state index is -3.84. The summed E-state index contributed by atoms with van der Waals surface area (Å²) in [6.07, 6.45) is 0.0790. The molecule has 26 heavy (non-hydrogen) atoms. The zero-order valence-corrected chi connectivity index (χ0v) is 16.3. The Bertz CT molecular complexity index is 910. The van der Waals surface area contributed by atoms with Gasteiger partial charge in [0.15, 0.2) is 0 Å². The smallest absolute Gasteiger partial charge is 0.264 e. The Morgan fingerprint density at radius 2 is 2.08 bits per heavy atom. The maximum Gasteiger partial charge on any atom is 0.264 e. The van der Waals surface area contributed by atoms with Crippen LogP contribution in [0.3, 0.4) is 0 Å². The summed E-state index contributed by atoms with van der Waals surface area (Å²) < 4.78 is 32.7. The number of hydrogen-bond donors (Lipinski definition) is 1. The lowest BCUT2D eigenvalue weighted by Crippen LogP contribution is -2.41. The first-order chi connectivity index (χ1) is 12.4. The highest BCUT2D eigenvalue weighted by Crippen LogP contribution is 2.26. The summed E-state index contributed by atoms with van der Waals surface area (Å²) in [6.45, 7) is 3.76. The van der Waals surface area contributed by atoms with Gasteiger partial charge in [-0.25, -0.2) is 8.42 Å². The largest absolute Gasteiger partial charge is 0.378 e. The van der Waals surface area contributed by atoms with Crippen LogP contribution in [0.15, 0.2) is 23.1 Å². The summed E-state index contributed by atoms with van der Waals surface area (Å²) in [7, 11) is -3.84. The van der Waals surface area contributed by atoms with Crippen molar-refractivity contribution in [1.29, 1.82) is 0 Å². The second-order valence-electron chi connectivity index (χ2n) is 5.64. The van der Waals surface area contributed by atoms with Crippen molar-refractivity contribution < 1.29 is 17.9 Å². The van der Waals surface area contributed by atoms with Crippen molar-refractivity contribution in [2.45, 2.75) is 18.2 Å². The number of hydrogen-bond acceptors (Lipinski definition) is 7. The second kappa shape index (κ2) is 7.87. The number of benzene rings is 1. The molecule has 140 valence electrons. The molecule has 1 aromatic heterocycles. The Balaban J connectivity index is 1.69. The number of nitrogens with one attached hydrogen (secondary N) is 1. The predicted molar refractivity (Wildman–Crippen MR) is 98.0 cm³/mol. The van der Waals surface area contributed by atoms with Crippen LogP contribution in [0.25, 0.3) is 0 Å². The molecule has 0 spiro atoms. The molecule has 0 unspecified atom stereocenters. The normalized spacial score (nSPS) is 15.1. The summed E-state index contributed by atoms with van der Waals surface area (Å²) in [5.74, 6) is -0.0791. The zero-order chi connectivity index (χ0) is 18.7. The lowest BCUT2D eigenvalue weighted by atomic mass is 10.2. The van der Waals surface area contributed by atoms with Crippen LogP contribution in [0.1, 0.15) is 10.6 Å². The number of morpholine rings is 1. The third-order valence-corrected chi connectivity index (χ3v) is 6.72. The molecular formula is C15H17ClN4O4S2. The topological polar surface area (TPSA) is 101 Å². The predicted octanol–water partition coefficient (Wildman–Crippen LogP) is 1.70. The molecule has 2 heterocycles. The summed E-state index contributed by atoms with van der Waals surface area (Å²) in [5.41, 5.74) is 0.453. The van der Waals surface area contributed by atoms with Crippen LogP contribution < -0.4 is 4.72 Å². The van der Waals surface area contributed by atoms with Crippen LogP contribution in [0.4, 0.5) is 5.13 Å². The quantitative estimate of drug-likeness (QED) is 0.796. The SMILES string of the molecule is Cc1c(Cl)cccc1S(=O)(=O)Nc1nnc(CC(=O)N2CCOCC2)s1. The van der Waals surface area contributed by atoms with Gasteiger partial charge in [-0.3, -0.25) is 9.52 Å². The third-order valence-electron chi connectivity index (χ3n) is 3.86. The lowest BCUT2D eigenvalue weighted by molar-refractivity contribution is -0.134. The summed E-state index contributed by atoms with van der Waals surface area (Å²) in [5, 5.41) is 8.65. The second-order valence-corrected chi connectivity index (χ2v) is 8.76. The molecule has 0 aliphatic carbocycles. The van der Waals surface area contributed by atoms with E-state index in [1.807, 2.05) is 0 Å². The third kappa shape index (κ3) is 4.32. The average Bonchev–Trinajstić information content (AvgIpc) is 3.04. The van der Waals surface area contributed by atoms with Gasteiger partial charge in [0.05, 0.1) is 24.5 Å². The number of anilines is 1. The van der Waals surface area contributed by atoms with Crippen LogP contribution in [-0.4, -0.2) is 55.7 Å². The molecule has 0 atom stereocenters. The number of halogens is 1. The number of nitrogens with zero attached hydrogens (tertiary/aromatic N) is 3. The number of carbonyl (C=O) groups is 1. The van der Waals surface area contributed by atoms with Crippen molar-refractivity contribution in [1.82, 2.24) is 15.1 Å². The van der Waals surface area contributed by atoms with Gasteiger partial charge in [-0.05, 0) is 24.6 Å². The molecule has 3 rings (SSSR count). The number of rotatable bonds is 5. The first kappa shape index (κ1) is 19.0. The van der Waals surface area contributed by atoms with E-state index in [2.05, 4.69) is 14.9 Å². The highest BCUT2D eigenvalue weighted by atomic mass is 35.5. The molecular weight excluding hydrogens is 400 g/mol. The molecule has 1 amide bonds. The molecule has 0 radical (unpaired) electrons. The van der Waals surface area contributed by atoms with Gasteiger partial charge < -0.3 is 9.64 Å². The van der Waals surface area contributed by atoms with E-state index in [9.17, 15) is 13.2 Å². The fourth-order valence-corrected chi connectivity index (χ4v) is 4.93. The summed E-state index contributed by atoms with van der Waals surface area (Å²) in [6, 6.07) is 4.65. The van der Waals surface area contributed by atoms with Gasteiger partial charge >= 0.3 is 0 Å². The van der Waals surface area contributed by atoms with Gasteiger partial charge in [0.25, 0.3) is 10.0 Å². The standard InChI is InChI=1S/C15H17ClN4O4S2/c1-10-11(16)3-2-4-12(10)26(22,23)19-15-18-17-13(25-15)9-14(21)20-5-7-24-8-6-20/h2-4H,5-9H2,1H3,(H,18,19). The maximum atomic E-state index is 12.5. The fourth-order valence-electron chi connectivity index (χ4n) is 2.47. The Morgan fingerprint density at radius 3 is 2.81 bits per heavy atom. The molecule has 1 N–H and O–H groups in total. The van der Waals surface area contributed by atoms with Crippen LogP contribution in [-0.2, 0) is 26.0 Å². The van der Waals surface area contributed by atoms with Gasteiger partial charge in [-0.1, -0.05) is 29.0 Å². The molecule has 8 nitrogen and oxygen atoms in total. The van der Waals surface area contributed by atoms with E-state index in [1.165, 1.54) is 6.07 Å². The van der Waals surface area contributed by atoms with E-state index >= 15 is 0 Å². The van der Waals surface area contributed by atoms with E-state index in [0.29, 0.717) is 41.9 Å². The van der Waals surface area contributed by atoms with Gasteiger partial charge in [0.1, 0.15) is 5.01 Å². The molecule has 2 aromatic rings.